The highest BCUT2D eigenvalue weighted by Gasteiger charge is 2.24. The van der Waals surface area contributed by atoms with Gasteiger partial charge in [-0.2, -0.15) is 0 Å². The number of carbonyl (C=O) groups is 2. The van der Waals surface area contributed by atoms with Gasteiger partial charge in [0.2, 0.25) is 0 Å². The van der Waals surface area contributed by atoms with Crippen molar-refractivity contribution in [2.75, 3.05) is 6.54 Å². The molecule has 0 saturated carbocycles. The van der Waals surface area contributed by atoms with E-state index >= 15 is 0 Å². The van der Waals surface area contributed by atoms with Crippen LogP contribution in [0.4, 0.5) is 0 Å². The molecule has 1 rings (SSSR count). The van der Waals surface area contributed by atoms with Crippen LogP contribution in [0.15, 0.2) is 6.07 Å². The molecule has 1 unspecified atom stereocenters. The standard InChI is InChI=1S/C13H19NO3S/c1-5-8(2)14(7-12(15)16)13(17)11-6-9(3)18-10(11)4/h6,8H,5,7H2,1-4H3,(H,15,16). The van der Waals surface area contributed by atoms with Gasteiger partial charge in [0, 0.05) is 15.8 Å². The van der Waals surface area contributed by atoms with Crippen LogP contribution in [0.1, 0.15) is 40.4 Å². The van der Waals surface area contributed by atoms with Gasteiger partial charge in [-0.25, -0.2) is 0 Å². The topological polar surface area (TPSA) is 57.6 Å². The van der Waals surface area contributed by atoms with Gasteiger partial charge in [-0.3, -0.25) is 9.59 Å². The van der Waals surface area contributed by atoms with Crippen LogP contribution >= 0.6 is 11.3 Å². The highest BCUT2D eigenvalue weighted by molar-refractivity contribution is 7.12. The molecule has 1 N–H and O–H groups in total. The molecule has 18 heavy (non-hydrogen) atoms. The second-order valence-corrected chi connectivity index (χ2v) is 5.87. The van der Waals surface area contributed by atoms with Crippen molar-refractivity contribution in [3.8, 4) is 0 Å². The van der Waals surface area contributed by atoms with E-state index in [9.17, 15) is 9.59 Å². The zero-order valence-corrected chi connectivity index (χ0v) is 12.0. The second kappa shape index (κ2) is 6.00. The SMILES string of the molecule is CCC(C)N(CC(=O)O)C(=O)c1cc(C)sc1C. The predicted octanol–water partition coefficient (Wildman–Crippen LogP) is 2.69. The van der Waals surface area contributed by atoms with E-state index in [-0.39, 0.29) is 18.5 Å². The Labute approximate surface area is 111 Å². The molecular formula is C13H19NO3S. The lowest BCUT2D eigenvalue weighted by Crippen LogP contribution is -2.41. The van der Waals surface area contributed by atoms with Crippen molar-refractivity contribution in [2.45, 2.75) is 40.2 Å². The molecule has 1 aromatic heterocycles. The van der Waals surface area contributed by atoms with E-state index in [1.165, 1.54) is 4.90 Å². The molecule has 4 nitrogen and oxygen atoms in total. The second-order valence-electron chi connectivity index (χ2n) is 4.41. The lowest BCUT2D eigenvalue weighted by Gasteiger charge is -2.26. The van der Waals surface area contributed by atoms with Crippen molar-refractivity contribution < 1.29 is 14.7 Å². The van der Waals surface area contributed by atoms with Crippen LogP contribution < -0.4 is 0 Å². The molecule has 1 heterocycles. The normalized spacial score (nSPS) is 12.2. The summed E-state index contributed by atoms with van der Waals surface area (Å²) >= 11 is 1.56. The Bertz CT molecular complexity index is 453. The minimum Gasteiger partial charge on any atom is -0.480 e. The highest BCUT2D eigenvalue weighted by Crippen LogP contribution is 2.23. The lowest BCUT2D eigenvalue weighted by atomic mass is 10.1. The maximum atomic E-state index is 12.4. The molecule has 0 spiro atoms. The van der Waals surface area contributed by atoms with Crippen molar-refractivity contribution in [1.29, 1.82) is 0 Å². The van der Waals surface area contributed by atoms with E-state index in [4.69, 9.17) is 5.11 Å². The molecule has 0 saturated heterocycles. The molecule has 1 amide bonds. The smallest absolute Gasteiger partial charge is 0.323 e. The summed E-state index contributed by atoms with van der Waals surface area (Å²) in [6.07, 6.45) is 0.737. The Balaban J connectivity index is 3.02. The number of thiophene rings is 1. The zero-order valence-electron chi connectivity index (χ0n) is 11.2. The first kappa shape index (κ1) is 14.7. The molecule has 0 radical (unpaired) electrons. The molecule has 1 atom stereocenters. The van der Waals surface area contributed by atoms with Gasteiger partial charge < -0.3 is 10.0 Å². The van der Waals surface area contributed by atoms with Gasteiger partial charge >= 0.3 is 5.97 Å². The Kier molecular flexibility index (Phi) is 4.90. The average molecular weight is 269 g/mol. The highest BCUT2D eigenvalue weighted by atomic mass is 32.1. The minimum atomic E-state index is -0.978. The number of carboxylic acid groups (broad SMARTS) is 1. The molecule has 100 valence electrons. The van der Waals surface area contributed by atoms with Crippen LogP contribution in [-0.2, 0) is 4.79 Å². The number of aliphatic carboxylic acids is 1. The number of amides is 1. The number of aryl methyl sites for hydroxylation is 2. The van der Waals surface area contributed by atoms with Crippen molar-refractivity contribution in [1.82, 2.24) is 4.90 Å². The van der Waals surface area contributed by atoms with Crippen LogP contribution in [0.25, 0.3) is 0 Å². The number of carboxylic acids is 1. The molecule has 0 aromatic carbocycles. The fraction of sp³-hybridized carbons (Fsp3) is 0.538. The number of carbonyl (C=O) groups excluding carboxylic acids is 1. The van der Waals surface area contributed by atoms with Gasteiger partial charge in [0.1, 0.15) is 6.54 Å². The summed E-state index contributed by atoms with van der Waals surface area (Å²) < 4.78 is 0. The Morgan fingerprint density at radius 2 is 2.06 bits per heavy atom. The van der Waals surface area contributed by atoms with Gasteiger partial charge in [0.05, 0.1) is 5.56 Å². The van der Waals surface area contributed by atoms with Crippen molar-refractivity contribution >= 4 is 23.2 Å². The maximum absolute atomic E-state index is 12.4. The average Bonchev–Trinajstić information content (AvgIpc) is 2.63. The zero-order chi connectivity index (χ0) is 13.9. The number of nitrogens with zero attached hydrogens (tertiary/aromatic N) is 1. The number of rotatable bonds is 5. The largest absolute Gasteiger partial charge is 0.480 e. The van der Waals surface area contributed by atoms with Crippen molar-refractivity contribution in [3.63, 3.8) is 0 Å². The molecular weight excluding hydrogens is 250 g/mol. The van der Waals surface area contributed by atoms with Crippen molar-refractivity contribution in [3.05, 3.63) is 21.4 Å². The monoisotopic (exact) mass is 269 g/mol. The van der Waals surface area contributed by atoms with Gasteiger partial charge in [-0.15, -0.1) is 11.3 Å². The summed E-state index contributed by atoms with van der Waals surface area (Å²) in [6, 6.07) is 1.76. The molecule has 0 aliphatic carbocycles. The van der Waals surface area contributed by atoms with Crippen LogP contribution in [0.3, 0.4) is 0 Å². The summed E-state index contributed by atoms with van der Waals surface area (Å²) in [6.45, 7) is 7.40. The van der Waals surface area contributed by atoms with E-state index < -0.39 is 5.97 Å². The summed E-state index contributed by atoms with van der Waals surface area (Å²) in [7, 11) is 0. The van der Waals surface area contributed by atoms with E-state index in [1.807, 2.05) is 33.8 Å². The fourth-order valence-corrected chi connectivity index (χ4v) is 2.71. The van der Waals surface area contributed by atoms with E-state index in [0.29, 0.717) is 5.56 Å². The van der Waals surface area contributed by atoms with Gasteiger partial charge in [-0.05, 0) is 33.3 Å². The van der Waals surface area contributed by atoms with Crippen LogP contribution in [0.5, 0.6) is 0 Å². The first-order chi connectivity index (χ1) is 8.36. The molecule has 0 aliphatic rings. The third-order valence-corrected chi connectivity index (χ3v) is 3.93. The quantitative estimate of drug-likeness (QED) is 0.894. The van der Waals surface area contributed by atoms with E-state index in [0.717, 1.165) is 16.2 Å². The molecule has 0 bridgehead atoms. The predicted molar refractivity (Wildman–Crippen MR) is 72.2 cm³/mol. The summed E-state index contributed by atoms with van der Waals surface area (Å²) in [5, 5.41) is 8.91. The summed E-state index contributed by atoms with van der Waals surface area (Å²) in [5.41, 5.74) is 0.624. The first-order valence-corrected chi connectivity index (χ1v) is 6.78. The third kappa shape index (κ3) is 3.32. The van der Waals surface area contributed by atoms with Gasteiger partial charge in [-0.1, -0.05) is 6.92 Å². The molecule has 1 aromatic rings. The van der Waals surface area contributed by atoms with Crippen LogP contribution in [0, 0.1) is 13.8 Å². The van der Waals surface area contributed by atoms with E-state index in [2.05, 4.69) is 0 Å². The molecule has 5 heteroatoms. The molecule has 0 fully saturated rings. The minimum absolute atomic E-state index is 0.0757. The summed E-state index contributed by atoms with van der Waals surface area (Å²) in [5.74, 6) is -1.16. The molecule has 0 aliphatic heterocycles. The fourth-order valence-electron chi connectivity index (χ4n) is 1.79. The van der Waals surface area contributed by atoms with Crippen molar-refractivity contribution in [2.24, 2.45) is 0 Å². The van der Waals surface area contributed by atoms with Crippen LogP contribution in [0.2, 0.25) is 0 Å². The number of hydrogen-bond donors (Lipinski definition) is 1. The van der Waals surface area contributed by atoms with E-state index in [1.54, 1.807) is 11.3 Å². The first-order valence-electron chi connectivity index (χ1n) is 5.96. The Hall–Kier alpha value is -1.36. The maximum Gasteiger partial charge on any atom is 0.323 e. The Morgan fingerprint density at radius 1 is 1.44 bits per heavy atom. The summed E-state index contributed by atoms with van der Waals surface area (Å²) in [4.78, 5) is 26.7. The third-order valence-electron chi connectivity index (χ3n) is 2.96. The lowest BCUT2D eigenvalue weighted by molar-refractivity contribution is -0.138. The number of hydrogen-bond acceptors (Lipinski definition) is 3. The van der Waals surface area contributed by atoms with Crippen LogP contribution in [-0.4, -0.2) is 34.5 Å². The Morgan fingerprint density at radius 3 is 2.44 bits per heavy atom. The van der Waals surface area contributed by atoms with Gasteiger partial charge in [0.15, 0.2) is 0 Å². The van der Waals surface area contributed by atoms with Gasteiger partial charge in [0.25, 0.3) is 5.91 Å².